The molecule has 0 aromatic carbocycles. The third-order valence-corrected chi connectivity index (χ3v) is 5.23. The van der Waals surface area contributed by atoms with E-state index in [1.165, 1.54) is 6.08 Å². The molecule has 0 bridgehead atoms. The monoisotopic (exact) mass is 397 g/mol. The first-order valence-electron chi connectivity index (χ1n) is 9.98. The Balaban J connectivity index is 2.07. The molecule has 7 N–H and O–H groups in total. The van der Waals surface area contributed by atoms with Gasteiger partial charge in [0.15, 0.2) is 6.04 Å². The molecule has 2 aliphatic rings. The molecule has 0 radical (unpaired) electrons. The Morgan fingerprint density at radius 3 is 2.64 bits per heavy atom. The van der Waals surface area contributed by atoms with Crippen LogP contribution in [-0.2, 0) is 14.4 Å². The number of quaternary nitrogens is 1. The van der Waals surface area contributed by atoms with Gasteiger partial charge in [-0.05, 0) is 18.8 Å². The van der Waals surface area contributed by atoms with E-state index < -0.39 is 30.2 Å². The smallest absolute Gasteiger partial charge is 0.278 e. The van der Waals surface area contributed by atoms with Gasteiger partial charge in [-0.2, -0.15) is 0 Å². The minimum atomic E-state index is -1.20. The van der Waals surface area contributed by atoms with Gasteiger partial charge in [0, 0.05) is 25.0 Å². The van der Waals surface area contributed by atoms with Gasteiger partial charge in [0.2, 0.25) is 11.8 Å². The predicted molar refractivity (Wildman–Crippen MR) is 102 cm³/mol. The lowest BCUT2D eigenvalue weighted by atomic mass is 9.89. The number of hydrogen-bond acceptors (Lipinski definition) is 5. The van der Waals surface area contributed by atoms with Crippen molar-refractivity contribution in [2.75, 3.05) is 13.6 Å². The maximum atomic E-state index is 12.6. The van der Waals surface area contributed by atoms with Crippen molar-refractivity contribution >= 4 is 17.7 Å². The fourth-order valence-corrected chi connectivity index (χ4v) is 3.60. The van der Waals surface area contributed by atoms with E-state index in [9.17, 15) is 24.6 Å². The highest BCUT2D eigenvalue weighted by Gasteiger charge is 2.36. The minimum absolute atomic E-state index is 0.0387. The summed E-state index contributed by atoms with van der Waals surface area (Å²) in [6.45, 7) is 4.64. The lowest BCUT2D eigenvalue weighted by molar-refractivity contribution is -0.651. The molecule has 1 aliphatic heterocycles. The Morgan fingerprint density at radius 1 is 1.32 bits per heavy atom. The normalized spacial score (nSPS) is 28.9. The second-order valence-corrected chi connectivity index (χ2v) is 8.02. The van der Waals surface area contributed by atoms with E-state index in [0.29, 0.717) is 25.3 Å². The van der Waals surface area contributed by atoms with Crippen molar-refractivity contribution in [1.29, 1.82) is 0 Å². The largest absolute Gasteiger partial charge is 0.390 e. The molecular formula is C19H33N4O5+. The number of nitrogens with two attached hydrogens (primary N) is 1. The average molecular weight is 397 g/mol. The lowest BCUT2D eigenvalue weighted by Crippen LogP contribution is -2.89. The third kappa shape index (κ3) is 5.76. The molecule has 0 unspecified atom stereocenters. The van der Waals surface area contributed by atoms with E-state index in [1.54, 1.807) is 5.32 Å². The van der Waals surface area contributed by atoms with Crippen LogP contribution in [0, 0.1) is 5.92 Å². The molecule has 9 nitrogen and oxygen atoms in total. The van der Waals surface area contributed by atoms with Gasteiger partial charge in [-0.15, -0.1) is 0 Å². The SMILES string of the molecule is C[NH2+][C@@H](CC(C)C)C(=O)N[C@@H]1C=C(C(=O)N[C@H]2CCCNC2=O)C[C@@H](O)[C@@H]1O. The number of likely N-dealkylation sites (N-methyl/N-ethyl adjacent to an activating group) is 1. The molecule has 28 heavy (non-hydrogen) atoms. The minimum Gasteiger partial charge on any atom is -0.390 e. The van der Waals surface area contributed by atoms with Crippen molar-refractivity contribution in [3.05, 3.63) is 11.6 Å². The first-order valence-corrected chi connectivity index (χ1v) is 9.98. The maximum absolute atomic E-state index is 12.6. The van der Waals surface area contributed by atoms with E-state index in [4.69, 9.17) is 0 Å². The average Bonchev–Trinajstić information content (AvgIpc) is 2.64. The summed E-state index contributed by atoms with van der Waals surface area (Å²) in [5.41, 5.74) is 0.252. The molecule has 158 valence electrons. The van der Waals surface area contributed by atoms with Gasteiger partial charge >= 0.3 is 0 Å². The molecule has 0 aromatic rings. The van der Waals surface area contributed by atoms with Crippen molar-refractivity contribution in [3.8, 4) is 0 Å². The van der Waals surface area contributed by atoms with Gasteiger partial charge in [-0.25, -0.2) is 0 Å². The van der Waals surface area contributed by atoms with Crippen LogP contribution in [0.1, 0.15) is 39.5 Å². The molecule has 2 rings (SSSR count). The van der Waals surface area contributed by atoms with Crippen molar-refractivity contribution in [2.45, 2.75) is 69.9 Å². The van der Waals surface area contributed by atoms with E-state index in [2.05, 4.69) is 16.0 Å². The fraction of sp³-hybridized carbons (Fsp3) is 0.737. The van der Waals surface area contributed by atoms with E-state index in [-0.39, 0.29) is 29.9 Å². The molecular weight excluding hydrogens is 364 g/mol. The number of nitrogens with one attached hydrogen (secondary N) is 3. The maximum Gasteiger partial charge on any atom is 0.278 e. The van der Waals surface area contributed by atoms with Crippen LogP contribution in [0.25, 0.3) is 0 Å². The van der Waals surface area contributed by atoms with Crippen molar-refractivity contribution < 1.29 is 29.9 Å². The highest BCUT2D eigenvalue weighted by Crippen LogP contribution is 2.20. The molecule has 1 saturated heterocycles. The van der Waals surface area contributed by atoms with Gasteiger partial charge in [0.1, 0.15) is 12.1 Å². The highest BCUT2D eigenvalue weighted by atomic mass is 16.3. The topological polar surface area (TPSA) is 144 Å². The summed E-state index contributed by atoms with van der Waals surface area (Å²) < 4.78 is 0. The van der Waals surface area contributed by atoms with Gasteiger partial charge in [-0.3, -0.25) is 14.4 Å². The molecule has 0 aromatic heterocycles. The summed E-state index contributed by atoms with van der Waals surface area (Å²) in [5.74, 6) is -0.617. The number of rotatable bonds is 7. The van der Waals surface area contributed by atoms with Crippen LogP contribution < -0.4 is 21.3 Å². The quantitative estimate of drug-likeness (QED) is 0.282. The first-order chi connectivity index (χ1) is 13.2. The zero-order valence-electron chi connectivity index (χ0n) is 16.8. The van der Waals surface area contributed by atoms with Crippen molar-refractivity contribution in [1.82, 2.24) is 16.0 Å². The Kier molecular flexibility index (Phi) is 7.97. The molecule has 3 amide bonds. The van der Waals surface area contributed by atoms with Crippen LogP contribution in [0.4, 0.5) is 0 Å². The van der Waals surface area contributed by atoms with Crippen LogP contribution in [0.2, 0.25) is 0 Å². The van der Waals surface area contributed by atoms with E-state index in [0.717, 1.165) is 6.42 Å². The Bertz CT molecular complexity index is 621. The van der Waals surface area contributed by atoms with Gasteiger partial charge in [-0.1, -0.05) is 19.9 Å². The number of aliphatic hydroxyl groups is 2. The van der Waals surface area contributed by atoms with Gasteiger partial charge < -0.3 is 31.5 Å². The molecule has 0 spiro atoms. The summed E-state index contributed by atoms with van der Waals surface area (Å²) in [5, 5.41) is 30.4. The lowest BCUT2D eigenvalue weighted by Gasteiger charge is -2.32. The molecule has 5 atom stereocenters. The van der Waals surface area contributed by atoms with Crippen LogP contribution in [-0.4, -0.2) is 71.9 Å². The standard InChI is InChI=1S/C19H32N4O5/c1-10(2)7-14(20-3)19(28)23-13-8-11(9-15(24)16(13)25)17(26)22-12-5-4-6-21-18(12)27/h8,10,12-16,20,24-25H,4-7,9H2,1-3H3,(H,21,27)(H,22,26)(H,23,28)/p+1/t12-,13+,14-,15+,16+/m0/s1. The summed E-state index contributed by atoms with van der Waals surface area (Å²) in [6.07, 6.45) is 1.07. The predicted octanol–water partition coefficient (Wildman–Crippen LogP) is -2.47. The third-order valence-electron chi connectivity index (χ3n) is 5.23. The molecule has 9 heteroatoms. The van der Waals surface area contributed by atoms with Crippen LogP contribution in [0.5, 0.6) is 0 Å². The molecule has 1 fully saturated rings. The van der Waals surface area contributed by atoms with E-state index >= 15 is 0 Å². The summed E-state index contributed by atoms with van der Waals surface area (Å²) in [6, 6.07) is -1.79. The van der Waals surface area contributed by atoms with Gasteiger partial charge in [0.05, 0.1) is 19.2 Å². The van der Waals surface area contributed by atoms with Crippen molar-refractivity contribution in [2.24, 2.45) is 5.92 Å². The molecule has 1 aliphatic carbocycles. The number of amides is 3. The summed E-state index contributed by atoms with van der Waals surface area (Å²) in [4.78, 5) is 36.9. The zero-order valence-corrected chi connectivity index (χ0v) is 16.8. The first kappa shape index (κ1) is 22.3. The van der Waals surface area contributed by atoms with Crippen LogP contribution in [0.15, 0.2) is 11.6 Å². The number of carbonyl (C=O) groups is 3. The van der Waals surface area contributed by atoms with E-state index in [1.807, 2.05) is 20.9 Å². The summed E-state index contributed by atoms with van der Waals surface area (Å²) >= 11 is 0. The number of aliphatic hydroxyl groups excluding tert-OH is 2. The fourth-order valence-electron chi connectivity index (χ4n) is 3.60. The van der Waals surface area contributed by atoms with Gasteiger partial charge in [0.25, 0.3) is 5.91 Å². The molecule has 1 heterocycles. The highest BCUT2D eigenvalue weighted by molar-refractivity contribution is 5.97. The number of carbonyl (C=O) groups excluding carboxylic acids is 3. The summed E-state index contributed by atoms with van der Waals surface area (Å²) in [7, 11) is 1.81. The van der Waals surface area contributed by atoms with Crippen molar-refractivity contribution in [3.63, 3.8) is 0 Å². The Labute approximate surface area is 165 Å². The second kappa shape index (κ2) is 9.99. The Morgan fingerprint density at radius 2 is 2.04 bits per heavy atom. The number of piperidine rings is 1. The number of hydrogen-bond donors (Lipinski definition) is 6. The van der Waals surface area contributed by atoms with Crippen LogP contribution >= 0.6 is 0 Å². The Hall–Kier alpha value is -1.97. The van der Waals surface area contributed by atoms with Crippen LogP contribution in [0.3, 0.4) is 0 Å². The zero-order chi connectivity index (χ0) is 20.8. The second-order valence-electron chi connectivity index (χ2n) is 8.02. The molecule has 0 saturated carbocycles.